The lowest BCUT2D eigenvalue weighted by atomic mass is 9.79. The fourth-order valence-electron chi connectivity index (χ4n) is 5.76. The number of fused-ring (bicyclic) bond motifs is 1. The van der Waals surface area contributed by atoms with Crippen LogP contribution in [0.2, 0.25) is 0 Å². The first-order valence-electron chi connectivity index (χ1n) is 11.4. The van der Waals surface area contributed by atoms with E-state index in [-0.39, 0.29) is 16.9 Å². The Bertz CT molecular complexity index is 1090. The summed E-state index contributed by atoms with van der Waals surface area (Å²) in [6, 6.07) is 13.8. The average molecular weight is 417 g/mol. The van der Waals surface area contributed by atoms with E-state index in [2.05, 4.69) is 6.07 Å². The molecule has 160 valence electrons. The molecule has 1 saturated heterocycles. The molecule has 6 nitrogen and oxygen atoms in total. The van der Waals surface area contributed by atoms with Gasteiger partial charge in [-0.3, -0.25) is 14.2 Å². The molecule has 1 unspecified atom stereocenters. The number of hydrogen-bond donors (Lipinski definition) is 0. The van der Waals surface area contributed by atoms with Gasteiger partial charge in [0.2, 0.25) is 5.91 Å². The predicted molar refractivity (Wildman–Crippen MR) is 117 cm³/mol. The van der Waals surface area contributed by atoms with Gasteiger partial charge in [-0.15, -0.1) is 0 Å². The van der Waals surface area contributed by atoms with Gasteiger partial charge in [0, 0.05) is 37.7 Å². The molecule has 2 aliphatic heterocycles. The topological polar surface area (TPSA) is 79.0 Å². The number of hydrogen-bond acceptors (Lipinski definition) is 4. The van der Waals surface area contributed by atoms with E-state index in [9.17, 15) is 14.9 Å². The van der Waals surface area contributed by atoms with Crippen LogP contribution < -0.4 is 5.56 Å². The number of benzene rings is 1. The van der Waals surface area contributed by atoms with Crippen LogP contribution in [-0.4, -0.2) is 33.4 Å². The molecule has 1 aromatic heterocycles. The van der Waals surface area contributed by atoms with E-state index in [0.717, 1.165) is 62.2 Å². The highest BCUT2D eigenvalue weighted by Crippen LogP contribution is 2.45. The SMILES string of the molecule is N#CC1(C(=O)N2CCC3(CCc4nc(-c5ccccc5)cc(=O)n4CC3)C2)CCCC1. The molecule has 0 bridgehead atoms. The first kappa shape index (κ1) is 20.0. The molecule has 0 radical (unpaired) electrons. The van der Waals surface area contributed by atoms with Crippen molar-refractivity contribution in [3.8, 4) is 17.3 Å². The maximum atomic E-state index is 13.2. The molecule has 1 atom stereocenters. The minimum Gasteiger partial charge on any atom is -0.341 e. The second kappa shape index (κ2) is 7.64. The summed E-state index contributed by atoms with van der Waals surface area (Å²) in [6.07, 6.45) is 6.78. The number of carbonyl (C=O) groups excluding carboxylic acids is 1. The van der Waals surface area contributed by atoms with Crippen LogP contribution in [0.1, 0.15) is 50.8 Å². The number of aryl methyl sites for hydroxylation is 1. The van der Waals surface area contributed by atoms with Crippen LogP contribution in [0.25, 0.3) is 11.3 Å². The molecule has 1 aromatic carbocycles. The molecular weight excluding hydrogens is 388 g/mol. The molecule has 1 aliphatic carbocycles. The predicted octanol–water partition coefficient (Wildman–Crippen LogP) is 3.55. The van der Waals surface area contributed by atoms with Crippen molar-refractivity contribution in [3.63, 3.8) is 0 Å². The Morgan fingerprint density at radius 2 is 1.77 bits per heavy atom. The van der Waals surface area contributed by atoms with Gasteiger partial charge in [0.25, 0.3) is 5.56 Å². The molecule has 3 aliphatic rings. The van der Waals surface area contributed by atoms with Gasteiger partial charge in [-0.1, -0.05) is 43.2 Å². The van der Waals surface area contributed by atoms with E-state index >= 15 is 0 Å². The van der Waals surface area contributed by atoms with Gasteiger partial charge in [0.1, 0.15) is 11.2 Å². The number of aromatic nitrogens is 2. The molecule has 6 heteroatoms. The molecule has 0 N–H and O–H groups in total. The lowest BCUT2D eigenvalue weighted by Crippen LogP contribution is -2.42. The van der Waals surface area contributed by atoms with Crippen molar-refractivity contribution in [3.05, 3.63) is 52.6 Å². The summed E-state index contributed by atoms with van der Waals surface area (Å²) >= 11 is 0. The molecule has 1 amide bonds. The summed E-state index contributed by atoms with van der Waals surface area (Å²) in [5, 5.41) is 9.72. The zero-order chi connectivity index (χ0) is 21.5. The van der Waals surface area contributed by atoms with E-state index in [1.165, 1.54) is 0 Å². The monoisotopic (exact) mass is 416 g/mol. The molecule has 3 heterocycles. The Labute approximate surface area is 182 Å². The zero-order valence-electron chi connectivity index (χ0n) is 17.8. The van der Waals surface area contributed by atoms with Crippen LogP contribution in [0, 0.1) is 22.2 Å². The number of carbonyl (C=O) groups is 1. The highest BCUT2D eigenvalue weighted by atomic mass is 16.2. The zero-order valence-corrected chi connectivity index (χ0v) is 17.8. The fourth-order valence-corrected chi connectivity index (χ4v) is 5.76. The third-order valence-corrected chi connectivity index (χ3v) is 7.71. The Hall–Kier alpha value is -2.94. The number of nitriles is 1. The summed E-state index contributed by atoms with van der Waals surface area (Å²) < 4.78 is 1.82. The third-order valence-electron chi connectivity index (χ3n) is 7.71. The van der Waals surface area contributed by atoms with Crippen molar-refractivity contribution in [2.75, 3.05) is 13.1 Å². The van der Waals surface area contributed by atoms with Gasteiger partial charge >= 0.3 is 0 Å². The first-order chi connectivity index (χ1) is 15.0. The quantitative estimate of drug-likeness (QED) is 0.750. The molecule has 2 aromatic rings. The van der Waals surface area contributed by atoms with Crippen LogP contribution in [-0.2, 0) is 17.8 Å². The van der Waals surface area contributed by atoms with Crippen molar-refractivity contribution in [1.29, 1.82) is 5.26 Å². The Balaban J connectivity index is 1.36. The number of likely N-dealkylation sites (tertiary alicyclic amines) is 1. The van der Waals surface area contributed by atoms with Crippen LogP contribution in [0.5, 0.6) is 0 Å². The smallest absolute Gasteiger partial charge is 0.254 e. The highest BCUT2D eigenvalue weighted by molar-refractivity contribution is 5.86. The van der Waals surface area contributed by atoms with Gasteiger partial charge in [-0.05, 0) is 37.5 Å². The standard InChI is InChI=1S/C25H28N4O2/c26-17-25(9-4-5-10-25)23(31)28-14-12-24(18-28)11-8-21-27-20(19-6-2-1-3-7-19)16-22(30)29(21)15-13-24/h1-3,6-7,16H,4-5,8-15,18H2. The molecule has 31 heavy (non-hydrogen) atoms. The van der Waals surface area contributed by atoms with Crippen LogP contribution in [0.15, 0.2) is 41.2 Å². The lowest BCUT2D eigenvalue weighted by Gasteiger charge is -2.30. The van der Waals surface area contributed by atoms with Crippen LogP contribution in [0.3, 0.4) is 0 Å². The largest absolute Gasteiger partial charge is 0.341 e. The maximum absolute atomic E-state index is 13.2. The van der Waals surface area contributed by atoms with Gasteiger partial charge in [-0.25, -0.2) is 4.98 Å². The minimum atomic E-state index is -0.803. The summed E-state index contributed by atoms with van der Waals surface area (Å²) in [6.45, 7) is 2.06. The second-order valence-electron chi connectivity index (χ2n) is 9.54. The number of nitrogens with zero attached hydrogens (tertiary/aromatic N) is 4. The summed E-state index contributed by atoms with van der Waals surface area (Å²) in [7, 11) is 0. The van der Waals surface area contributed by atoms with Crippen LogP contribution in [0.4, 0.5) is 0 Å². The molecular formula is C25H28N4O2. The Morgan fingerprint density at radius 3 is 2.52 bits per heavy atom. The Morgan fingerprint density at radius 1 is 1.03 bits per heavy atom. The fraction of sp³-hybridized carbons (Fsp3) is 0.520. The minimum absolute atomic E-state index is 0.00113. The van der Waals surface area contributed by atoms with E-state index in [1.54, 1.807) is 6.07 Å². The van der Waals surface area contributed by atoms with Crippen molar-refractivity contribution < 1.29 is 4.79 Å². The van der Waals surface area contributed by atoms with Crippen molar-refractivity contribution in [2.45, 2.75) is 57.9 Å². The van der Waals surface area contributed by atoms with Crippen molar-refractivity contribution in [2.24, 2.45) is 10.8 Å². The van der Waals surface area contributed by atoms with Crippen molar-refractivity contribution >= 4 is 5.91 Å². The highest BCUT2D eigenvalue weighted by Gasteiger charge is 2.48. The lowest BCUT2D eigenvalue weighted by molar-refractivity contribution is -0.138. The van der Waals surface area contributed by atoms with Gasteiger partial charge in [-0.2, -0.15) is 5.26 Å². The number of amides is 1. The maximum Gasteiger partial charge on any atom is 0.254 e. The summed E-state index contributed by atoms with van der Waals surface area (Å²) in [4.78, 5) is 32.9. The van der Waals surface area contributed by atoms with Crippen molar-refractivity contribution in [1.82, 2.24) is 14.5 Å². The van der Waals surface area contributed by atoms with E-state index in [4.69, 9.17) is 4.98 Å². The van der Waals surface area contributed by atoms with E-state index < -0.39 is 5.41 Å². The number of rotatable bonds is 2. The molecule has 5 rings (SSSR count). The van der Waals surface area contributed by atoms with Crippen LogP contribution >= 0.6 is 0 Å². The first-order valence-corrected chi connectivity index (χ1v) is 11.4. The Kier molecular flexibility index (Phi) is 4.92. The molecule has 1 saturated carbocycles. The average Bonchev–Trinajstić information content (AvgIpc) is 3.41. The van der Waals surface area contributed by atoms with E-state index in [0.29, 0.717) is 25.9 Å². The normalized spacial score (nSPS) is 24.5. The second-order valence-corrected chi connectivity index (χ2v) is 9.54. The third kappa shape index (κ3) is 3.46. The summed E-state index contributed by atoms with van der Waals surface area (Å²) in [5.74, 6) is 0.880. The van der Waals surface area contributed by atoms with Gasteiger partial charge in [0.05, 0.1) is 11.8 Å². The molecule has 1 spiro atoms. The van der Waals surface area contributed by atoms with Gasteiger partial charge in [0.15, 0.2) is 0 Å². The summed E-state index contributed by atoms with van der Waals surface area (Å²) in [5.41, 5.74) is 0.896. The van der Waals surface area contributed by atoms with E-state index in [1.807, 2.05) is 39.8 Å². The molecule has 2 fully saturated rings. The van der Waals surface area contributed by atoms with Gasteiger partial charge < -0.3 is 4.90 Å².